The molecule has 1 unspecified atom stereocenters. The van der Waals surface area contributed by atoms with Gasteiger partial charge in [-0.3, -0.25) is 9.59 Å². The number of nitrogens with one attached hydrogen (secondary N) is 1. The standard InChI is InChI=1S/C20H18ClN3O3/c21-15-5-6-17(18(11-15)23-7-1-2-8-23)22-20(26)14-10-19(25)24(12-14)13-16-4-3-9-27-16/h1-9,11,14H,10,12-13H2,(H,22,26). The predicted molar refractivity (Wildman–Crippen MR) is 102 cm³/mol. The molecule has 3 heterocycles. The molecule has 1 aromatic carbocycles. The van der Waals surface area contributed by atoms with E-state index in [1.165, 1.54) is 0 Å². The van der Waals surface area contributed by atoms with Crippen LogP contribution < -0.4 is 5.32 Å². The smallest absolute Gasteiger partial charge is 0.229 e. The summed E-state index contributed by atoms with van der Waals surface area (Å²) in [7, 11) is 0. The maximum absolute atomic E-state index is 12.8. The first kappa shape index (κ1) is 17.4. The molecule has 7 heteroatoms. The van der Waals surface area contributed by atoms with E-state index in [1.54, 1.807) is 35.4 Å². The summed E-state index contributed by atoms with van der Waals surface area (Å²) in [5.74, 6) is 0.0759. The number of aromatic nitrogens is 1. The number of hydrogen-bond acceptors (Lipinski definition) is 3. The molecular formula is C20H18ClN3O3. The zero-order valence-electron chi connectivity index (χ0n) is 14.5. The number of carbonyl (C=O) groups excluding carboxylic acids is 2. The summed E-state index contributed by atoms with van der Waals surface area (Å²) < 4.78 is 7.17. The molecule has 0 spiro atoms. The molecule has 0 aliphatic carbocycles. The van der Waals surface area contributed by atoms with E-state index in [2.05, 4.69) is 5.32 Å². The van der Waals surface area contributed by atoms with Crippen molar-refractivity contribution < 1.29 is 14.0 Å². The van der Waals surface area contributed by atoms with Crippen molar-refractivity contribution in [1.82, 2.24) is 9.47 Å². The van der Waals surface area contributed by atoms with Gasteiger partial charge in [-0.2, -0.15) is 0 Å². The van der Waals surface area contributed by atoms with Gasteiger partial charge in [0.05, 0.1) is 30.1 Å². The molecular weight excluding hydrogens is 366 g/mol. The third-order valence-corrected chi connectivity index (χ3v) is 4.85. The number of hydrogen-bond donors (Lipinski definition) is 1. The van der Waals surface area contributed by atoms with Gasteiger partial charge < -0.3 is 19.2 Å². The van der Waals surface area contributed by atoms with Crippen LogP contribution in [0.1, 0.15) is 12.2 Å². The number of halogens is 1. The first-order chi connectivity index (χ1) is 13.1. The molecule has 1 fully saturated rings. The largest absolute Gasteiger partial charge is 0.467 e. The Morgan fingerprint density at radius 2 is 2.04 bits per heavy atom. The Labute approximate surface area is 161 Å². The molecule has 138 valence electrons. The Kier molecular flexibility index (Phi) is 4.73. The van der Waals surface area contributed by atoms with Crippen molar-refractivity contribution in [3.63, 3.8) is 0 Å². The van der Waals surface area contributed by atoms with Gasteiger partial charge in [-0.15, -0.1) is 0 Å². The monoisotopic (exact) mass is 383 g/mol. The van der Waals surface area contributed by atoms with E-state index >= 15 is 0 Å². The molecule has 27 heavy (non-hydrogen) atoms. The van der Waals surface area contributed by atoms with Crippen LogP contribution in [0.2, 0.25) is 5.02 Å². The maximum Gasteiger partial charge on any atom is 0.229 e. The minimum Gasteiger partial charge on any atom is -0.467 e. The van der Waals surface area contributed by atoms with Crippen molar-refractivity contribution in [2.75, 3.05) is 11.9 Å². The molecule has 1 N–H and O–H groups in total. The number of nitrogens with zero attached hydrogens (tertiary/aromatic N) is 2. The predicted octanol–water partition coefficient (Wildman–Crippen LogP) is 3.71. The second-order valence-corrected chi connectivity index (χ2v) is 6.93. The first-order valence-corrected chi connectivity index (χ1v) is 9.02. The maximum atomic E-state index is 12.8. The lowest BCUT2D eigenvalue weighted by Crippen LogP contribution is -2.28. The van der Waals surface area contributed by atoms with Gasteiger partial charge in [0, 0.05) is 30.4 Å². The van der Waals surface area contributed by atoms with Crippen LogP contribution >= 0.6 is 11.6 Å². The highest BCUT2D eigenvalue weighted by Crippen LogP contribution is 2.27. The van der Waals surface area contributed by atoms with E-state index in [1.807, 2.05) is 35.2 Å². The quantitative estimate of drug-likeness (QED) is 0.730. The van der Waals surface area contributed by atoms with Crippen LogP contribution in [0.3, 0.4) is 0 Å². The Bertz CT molecular complexity index is 951. The highest BCUT2D eigenvalue weighted by atomic mass is 35.5. The molecule has 0 saturated carbocycles. The van der Waals surface area contributed by atoms with Crippen LogP contribution in [0.5, 0.6) is 0 Å². The van der Waals surface area contributed by atoms with Crippen molar-refractivity contribution in [3.05, 3.63) is 71.9 Å². The zero-order valence-corrected chi connectivity index (χ0v) is 15.2. The van der Waals surface area contributed by atoms with E-state index in [0.717, 1.165) is 5.69 Å². The number of rotatable bonds is 5. The van der Waals surface area contributed by atoms with Gasteiger partial charge in [-0.1, -0.05) is 11.6 Å². The molecule has 2 aromatic heterocycles. The Hall–Kier alpha value is -2.99. The lowest BCUT2D eigenvalue weighted by molar-refractivity contribution is -0.128. The molecule has 4 rings (SSSR count). The summed E-state index contributed by atoms with van der Waals surface area (Å²) in [5.41, 5.74) is 1.43. The van der Waals surface area contributed by atoms with E-state index in [-0.39, 0.29) is 18.2 Å². The molecule has 1 saturated heterocycles. The zero-order chi connectivity index (χ0) is 18.8. The van der Waals surface area contributed by atoms with Gasteiger partial charge in [0.2, 0.25) is 11.8 Å². The van der Waals surface area contributed by atoms with Gasteiger partial charge >= 0.3 is 0 Å². The lowest BCUT2D eigenvalue weighted by Gasteiger charge is -2.16. The van der Waals surface area contributed by atoms with Gasteiger partial charge in [-0.05, 0) is 42.5 Å². The summed E-state index contributed by atoms with van der Waals surface area (Å²) in [6.07, 6.45) is 5.53. The summed E-state index contributed by atoms with van der Waals surface area (Å²) in [6, 6.07) is 12.7. The Balaban J connectivity index is 1.48. The summed E-state index contributed by atoms with van der Waals surface area (Å²) in [6.45, 7) is 0.753. The molecule has 0 radical (unpaired) electrons. The van der Waals surface area contributed by atoms with Crippen LogP contribution in [0.4, 0.5) is 5.69 Å². The fraction of sp³-hybridized carbons (Fsp3) is 0.200. The minimum atomic E-state index is -0.402. The van der Waals surface area contributed by atoms with Crippen LogP contribution in [0.25, 0.3) is 5.69 Å². The van der Waals surface area contributed by atoms with Crippen molar-refractivity contribution in [2.24, 2.45) is 5.92 Å². The third-order valence-electron chi connectivity index (χ3n) is 4.61. The van der Waals surface area contributed by atoms with Gasteiger partial charge in [0.25, 0.3) is 0 Å². The van der Waals surface area contributed by atoms with E-state index in [0.29, 0.717) is 29.6 Å². The fourth-order valence-corrected chi connectivity index (χ4v) is 3.41. The summed E-state index contributed by atoms with van der Waals surface area (Å²) in [5, 5.41) is 3.53. The highest BCUT2D eigenvalue weighted by Gasteiger charge is 2.34. The van der Waals surface area contributed by atoms with E-state index < -0.39 is 5.92 Å². The lowest BCUT2D eigenvalue weighted by atomic mass is 10.1. The fourth-order valence-electron chi connectivity index (χ4n) is 3.25. The topological polar surface area (TPSA) is 67.5 Å². The molecule has 6 nitrogen and oxygen atoms in total. The molecule has 3 aromatic rings. The number of amides is 2. The van der Waals surface area contributed by atoms with Crippen LogP contribution in [-0.4, -0.2) is 27.8 Å². The van der Waals surface area contributed by atoms with Crippen LogP contribution in [-0.2, 0) is 16.1 Å². The molecule has 0 bridgehead atoms. The van der Waals surface area contributed by atoms with E-state index in [9.17, 15) is 9.59 Å². The van der Waals surface area contributed by atoms with Crippen molar-refractivity contribution in [1.29, 1.82) is 0 Å². The molecule has 1 aliphatic rings. The van der Waals surface area contributed by atoms with Crippen molar-refractivity contribution in [3.8, 4) is 5.69 Å². The van der Waals surface area contributed by atoms with Crippen LogP contribution in [0, 0.1) is 5.92 Å². The highest BCUT2D eigenvalue weighted by molar-refractivity contribution is 6.31. The second-order valence-electron chi connectivity index (χ2n) is 6.50. The van der Waals surface area contributed by atoms with E-state index in [4.69, 9.17) is 16.0 Å². The third kappa shape index (κ3) is 3.75. The average Bonchev–Trinajstić information content (AvgIpc) is 3.40. The number of furan rings is 1. The van der Waals surface area contributed by atoms with Gasteiger partial charge in [0.15, 0.2) is 0 Å². The van der Waals surface area contributed by atoms with Gasteiger partial charge in [0.1, 0.15) is 5.76 Å². The van der Waals surface area contributed by atoms with Crippen molar-refractivity contribution >= 4 is 29.1 Å². The molecule has 2 amide bonds. The first-order valence-electron chi connectivity index (χ1n) is 8.64. The number of anilines is 1. The molecule has 1 atom stereocenters. The second kappa shape index (κ2) is 7.32. The van der Waals surface area contributed by atoms with Crippen molar-refractivity contribution in [2.45, 2.75) is 13.0 Å². The SMILES string of the molecule is O=C(Nc1ccc(Cl)cc1-n1cccc1)C1CC(=O)N(Cc2ccco2)C1. The Morgan fingerprint density at radius 3 is 2.78 bits per heavy atom. The molecule has 1 aliphatic heterocycles. The average molecular weight is 384 g/mol. The normalized spacial score (nSPS) is 16.7. The summed E-state index contributed by atoms with van der Waals surface area (Å²) >= 11 is 6.12. The van der Waals surface area contributed by atoms with Crippen LogP contribution in [0.15, 0.2) is 65.5 Å². The Morgan fingerprint density at radius 1 is 1.22 bits per heavy atom. The number of benzene rings is 1. The summed E-state index contributed by atoms with van der Waals surface area (Å²) in [4.78, 5) is 26.7. The minimum absolute atomic E-state index is 0.0479. The number of carbonyl (C=O) groups is 2. The number of likely N-dealkylation sites (tertiary alicyclic amines) is 1. The van der Waals surface area contributed by atoms with Gasteiger partial charge in [-0.25, -0.2) is 0 Å².